The summed E-state index contributed by atoms with van der Waals surface area (Å²) in [5.74, 6) is 1.16. The summed E-state index contributed by atoms with van der Waals surface area (Å²) in [6.45, 7) is 8.69. The number of rotatable bonds is 7. The topological polar surface area (TPSA) is 51.2 Å². The average Bonchev–Trinajstić information content (AvgIpc) is 3.02. The molecular weight excluding hydrogens is 308 g/mol. The van der Waals surface area contributed by atoms with Crippen molar-refractivity contribution in [2.45, 2.75) is 52.7 Å². The van der Waals surface area contributed by atoms with Crippen LogP contribution in [0.1, 0.15) is 61.1 Å². The van der Waals surface area contributed by atoms with Crippen LogP contribution < -0.4 is 10.1 Å². The van der Waals surface area contributed by atoms with Crippen LogP contribution in [0.4, 0.5) is 0 Å². The predicted octanol–water partition coefficient (Wildman–Crippen LogP) is 4.37. The fraction of sp³-hybridized carbons (Fsp3) is 0.444. The first kappa shape index (κ1) is 17.5. The smallest absolute Gasteiger partial charge is 0.270 e. The van der Waals surface area contributed by atoms with E-state index in [9.17, 15) is 4.79 Å². The molecule has 5 heteroatoms. The number of para-hydroxylation sites is 1. The first-order chi connectivity index (χ1) is 11.0. The highest BCUT2D eigenvalue weighted by molar-refractivity contribution is 7.09. The van der Waals surface area contributed by atoms with Crippen LogP contribution in [0.2, 0.25) is 0 Å². The number of aromatic nitrogens is 1. The van der Waals surface area contributed by atoms with Crippen molar-refractivity contribution in [2.24, 2.45) is 0 Å². The zero-order valence-electron chi connectivity index (χ0n) is 14.1. The summed E-state index contributed by atoms with van der Waals surface area (Å²) >= 11 is 1.45. The number of amides is 1. The van der Waals surface area contributed by atoms with E-state index >= 15 is 0 Å². The minimum absolute atomic E-state index is 0.121. The first-order valence-corrected chi connectivity index (χ1v) is 8.86. The molecule has 0 fully saturated rings. The summed E-state index contributed by atoms with van der Waals surface area (Å²) in [6.07, 6.45) is 0.901. The monoisotopic (exact) mass is 332 g/mol. The molecule has 1 N–H and O–H groups in total. The van der Waals surface area contributed by atoms with Crippen LogP contribution in [0, 0.1) is 0 Å². The van der Waals surface area contributed by atoms with Gasteiger partial charge >= 0.3 is 0 Å². The Morgan fingerprint density at radius 3 is 2.74 bits per heavy atom. The molecule has 1 aromatic carbocycles. The van der Waals surface area contributed by atoms with Gasteiger partial charge in [-0.2, -0.15) is 0 Å². The summed E-state index contributed by atoms with van der Waals surface area (Å²) < 4.78 is 5.90. The number of benzene rings is 1. The molecule has 0 saturated carbocycles. The lowest BCUT2D eigenvalue weighted by atomic mass is 10.0. The second kappa shape index (κ2) is 8.11. The van der Waals surface area contributed by atoms with Crippen molar-refractivity contribution in [3.8, 4) is 5.75 Å². The molecular formula is C18H24N2O2S. The van der Waals surface area contributed by atoms with E-state index in [2.05, 4.69) is 30.2 Å². The molecule has 0 bridgehead atoms. The van der Waals surface area contributed by atoms with Gasteiger partial charge in [0.15, 0.2) is 0 Å². The van der Waals surface area contributed by atoms with E-state index in [1.165, 1.54) is 16.9 Å². The van der Waals surface area contributed by atoms with E-state index < -0.39 is 0 Å². The lowest BCUT2D eigenvalue weighted by molar-refractivity contribution is 0.0934. The van der Waals surface area contributed by atoms with E-state index in [1.807, 2.05) is 32.0 Å². The SMILES string of the molecule is CCC(C)NC(=O)c1csc(COc2ccccc2C(C)C)n1. The van der Waals surface area contributed by atoms with Crippen LogP contribution in [0.3, 0.4) is 0 Å². The molecule has 1 atom stereocenters. The van der Waals surface area contributed by atoms with Crippen molar-refractivity contribution in [1.29, 1.82) is 0 Å². The van der Waals surface area contributed by atoms with Gasteiger partial charge in [0.2, 0.25) is 0 Å². The van der Waals surface area contributed by atoms with Crippen molar-refractivity contribution in [3.63, 3.8) is 0 Å². The lowest BCUT2D eigenvalue weighted by Crippen LogP contribution is -2.32. The number of carbonyl (C=O) groups is 1. The maximum absolute atomic E-state index is 12.0. The van der Waals surface area contributed by atoms with Gasteiger partial charge in [0.25, 0.3) is 5.91 Å². The lowest BCUT2D eigenvalue weighted by Gasteiger charge is -2.12. The molecule has 1 unspecified atom stereocenters. The van der Waals surface area contributed by atoms with Gasteiger partial charge in [0.05, 0.1) is 0 Å². The summed E-state index contributed by atoms with van der Waals surface area (Å²) in [5.41, 5.74) is 1.64. The largest absolute Gasteiger partial charge is 0.486 e. The minimum atomic E-state index is -0.121. The summed E-state index contributed by atoms with van der Waals surface area (Å²) in [4.78, 5) is 16.4. The van der Waals surface area contributed by atoms with Crippen molar-refractivity contribution >= 4 is 17.2 Å². The fourth-order valence-corrected chi connectivity index (χ4v) is 2.80. The van der Waals surface area contributed by atoms with Crippen LogP contribution >= 0.6 is 11.3 Å². The Kier molecular flexibility index (Phi) is 6.16. The highest BCUT2D eigenvalue weighted by Crippen LogP contribution is 2.26. The van der Waals surface area contributed by atoms with Crippen LogP contribution in [0.25, 0.3) is 0 Å². The molecule has 2 rings (SSSR count). The van der Waals surface area contributed by atoms with Crippen molar-refractivity contribution in [2.75, 3.05) is 0 Å². The molecule has 1 aromatic heterocycles. The molecule has 0 aliphatic rings. The zero-order valence-corrected chi connectivity index (χ0v) is 14.9. The Balaban J connectivity index is 1.99. The van der Waals surface area contributed by atoms with Gasteiger partial charge < -0.3 is 10.1 Å². The Hall–Kier alpha value is -1.88. The number of hydrogen-bond acceptors (Lipinski definition) is 4. The molecule has 23 heavy (non-hydrogen) atoms. The molecule has 1 heterocycles. The van der Waals surface area contributed by atoms with Crippen LogP contribution in [-0.4, -0.2) is 16.9 Å². The number of thiazole rings is 1. The quantitative estimate of drug-likeness (QED) is 0.819. The van der Waals surface area contributed by atoms with Gasteiger partial charge in [-0.15, -0.1) is 11.3 Å². The molecule has 4 nitrogen and oxygen atoms in total. The number of nitrogens with one attached hydrogen (secondary N) is 1. The molecule has 124 valence electrons. The van der Waals surface area contributed by atoms with E-state index in [0.29, 0.717) is 18.2 Å². The predicted molar refractivity (Wildman–Crippen MR) is 94.2 cm³/mol. The van der Waals surface area contributed by atoms with Gasteiger partial charge in [-0.3, -0.25) is 4.79 Å². The maximum Gasteiger partial charge on any atom is 0.270 e. The second-order valence-electron chi connectivity index (χ2n) is 5.89. The minimum Gasteiger partial charge on any atom is -0.486 e. The molecule has 2 aromatic rings. The van der Waals surface area contributed by atoms with Gasteiger partial charge in [0.1, 0.15) is 23.1 Å². The summed E-state index contributed by atoms with van der Waals surface area (Å²) in [6, 6.07) is 8.19. The van der Waals surface area contributed by atoms with Gasteiger partial charge in [-0.25, -0.2) is 4.98 Å². The fourth-order valence-electron chi connectivity index (χ4n) is 2.11. The van der Waals surface area contributed by atoms with Crippen LogP contribution in [0.15, 0.2) is 29.6 Å². The summed E-state index contributed by atoms with van der Waals surface area (Å²) in [7, 11) is 0. The summed E-state index contributed by atoms with van der Waals surface area (Å²) in [5, 5.41) is 5.51. The Morgan fingerprint density at radius 1 is 1.30 bits per heavy atom. The Bertz CT molecular complexity index is 652. The van der Waals surface area contributed by atoms with E-state index in [-0.39, 0.29) is 11.9 Å². The van der Waals surface area contributed by atoms with Gasteiger partial charge in [-0.1, -0.05) is 39.0 Å². The Labute approximate surface area is 141 Å². The van der Waals surface area contributed by atoms with Crippen molar-refractivity contribution < 1.29 is 9.53 Å². The van der Waals surface area contributed by atoms with E-state index in [0.717, 1.165) is 17.2 Å². The number of hydrogen-bond donors (Lipinski definition) is 1. The van der Waals surface area contributed by atoms with Crippen molar-refractivity contribution in [1.82, 2.24) is 10.3 Å². The van der Waals surface area contributed by atoms with Gasteiger partial charge in [0, 0.05) is 11.4 Å². The van der Waals surface area contributed by atoms with Crippen molar-refractivity contribution in [3.05, 3.63) is 45.9 Å². The number of carbonyl (C=O) groups excluding carboxylic acids is 1. The molecule has 0 spiro atoms. The standard InChI is InChI=1S/C18H24N2O2S/c1-5-13(4)19-18(21)15-11-23-17(20-15)10-22-16-9-7-6-8-14(16)12(2)3/h6-9,11-13H,5,10H2,1-4H3,(H,19,21). The number of nitrogens with zero attached hydrogens (tertiary/aromatic N) is 1. The van der Waals surface area contributed by atoms with Crippen LogP contribution in [-0.2, 0) is 6.61 Å². The number of ether oxygens (including phenoxy) is 1. The normalized spacial score (nSPS) is 12.2. The Morgan fingerprint density at radius 2 is 2.04 bits per heavy atom. The second-order valence-corrected chi connectivity index (χ2v) is 6.83. The molecule has 0 aliphatic heterocycles. The molecule has 0 saturated heterocycles. The molecule has 0 radical (unpaired) electrons. The van der Waals surface area contributed by atoms with Crippen LogP contribution in [0.5, 0.6) is 5.75 Å². The average molecular weight is 332 g/mol. The maximum atomic E-state index is 12.0. The third-order valence-corrected chi connectivity index (χ3v) is 4.49. The first-order valence-electron chi connectivity index (χ1n) is 7.98. The van der Waals surface area contributed by atoms with E-state index in [4.69, 9.17) is 4.74 Å². The molecule has 0 aliphatic carbocycles. The third kappa shape index (κ3) is 4.79. The zero-order chi connectivity index (χ0) is 16.8. The highest BCUT2D eigenvalue weighted by atomic mass is 32.1. The van der Waals surface area contributed by atoms with E-state index in [1.54, 1.807) is 5.38 Å². The highest BCUT2D eigenvalue weighted by Gasteiger charge is 2.13. The molecule has 1 amide bonds. The van der Waals surface area contributed by atoms with Gasteiger partial charge in [-0.05, 0) is 30.9 Å². The third-order valence-electron chi connectivity index (χ3n) is 3.67.